The molecule has 2 aromatic rings. The molecule has 1 aliphatic rings. The van der Waals surface area contributed by atoms with E-state index in [1.54, 1.807) is 23.7 Å². The number of piperazine rings is 1. The number of anilines is 1. The molecule has 0 N–H and O–H groups in total. The summed E-state index contributed by atoms with van der Waals surface area (Å²) >= 11 is 7.53. The minimum absolute atomic E-state index is 0.152. The number of hydrogen-bond acceptors (Lipinski definition) is 6. The predicted molar refractivity (Wildman–Crippen MR) is 98.0 cm³/mol. The van der Waals surface area contributed by atoms with Gasteiger partial charge in [0, 0.05) is 35.9 Å². The number of halogens is 1. The molecule has 0 spiro atoms. The molecule has 1 fully saturated rings. The Bertz CT molecular complexity index is 680. The zero-order valence-electron chi connectivity index (χ0n) is 13.9. The lowest BCUT2D eigenvalue weighted by Crippen LogP contribution is -2.48. The van der Waals surface area contributed by atoms with Gasteiger partial charge in [0.25, 0.3) is 0 Å². The highest BCUT2D eigenvalue weighted by Gasteiger charge is 2.26. The summed E-state index contributed by atoms with van der Waals surface area (Å²) in [5.74, 6) is 1.33. The third kappa shape index (κ3) is 3.77. The summed E-state index contributed by atoms with van der Waals surface area (Å²) in [7, 11) is 0. The number of carbonyl (C=O) groups is 1. The van der Waals surface area contributed by atoms with Crippen molar-refractivity contribution in [2.75, 3.05) is 31.1 Å². The largest absolute Gasteiger partial charge is 0.353 e. The lowest BCUT2D eigenvalue weighted by atomic mass is 10.1. The van der Waals surface area contributed by atoms with Crippen LogP contribution in [0.4, 0.5) is 5.82 Å². The Balaban J connectivity index is 1.65. The Kier molecular flexibility index (Phi) is 5.48. The van der Waals surface area contributed by atoms with Crippen LogP contribution < -0.4 is 4.90 Å². The Hall–Kier alpha value is -1.50. The van der Waals surface area contributed by atoms with E-state index < -0.39 is 0 Å². The molecule has 1 saturated heterocycles. The zero-order chi connectivity index (χ0) is 17.1. The van der Waals surface area contributed by atoms with Crippen molar-refractivity contribution in [3.8, 4) is 0 Å². The van der Waals surface area contributed by atoms with Crippen molar-refractivity contribution in [1.82, 2.24) is 14.9 Å². The Morgan fingerprint density at radius 3 is 2.38 bits per heavy atom. The molecule has 2 aromatic heterocycles. The number of aromatic nitrogens is 2. The number of nitrogens with zero attached hydrogens (tertiary/aromatic N) is 4. The van der Waals surface area contributed by atoms with E-state index in [1.165, 1.54) is 4.88 Å². The number of aldehydes is 1. The van der Waals surface area contributed by atoms with Gasteiger partial charge in [-0.2, -0.15) is 0 Å². The smallest absolute Gasteiger partial charge is 0.147 e. The standard InChI is InChI=1S/C17H21ClN4OS/c1-12(2)14-3-4-15(24-14)13(11-23)21-5-7-22(8-6-21)17-10-19-16(18)9-20-17/h3-4,9-13H,5-8H2,1-2H3/t13-/m0/s1. The first-order valence-electron chi connectivity index (χ1n) is 8.10. The average Bonchev–Trinajstić information content (AvgIpc) is 3.07. The highest BCUT2D eigenvalue weighted by Crippen LogP contribution is 2.31. The predicted octanol–water partition coefficient (Wildman–Crippen LogP) is 3.38. The maximum atomic E-state index is 11.7. The molecular formula is C17H21ClN4OS. The molecule has 3 rings (SSSR count). The van der Waals surface area contributed by atoms with Crippen LogP contribution in [0, 0.1) is 0 Å². The highest BCUT2D eigenvalue weighted by atomic mass is 35.5. The van der Waals surface area contributed by atoms with Crippen molar-refractivity contribution in [3.05, 3.63) is 39.4 Å². The van der Waals surface area contributed by atoms with E-state index in [0.29, 0.717) is 11.1 Å². The molecule has 0 aliphatic carbocycles. The molecule has 0 bridgehead atoms. The van der Waals surface area contributed by atoms with Crippen LogP contribution in [0.3, 0.4) is 0 Å². The average molecular weight is 365 g/mol. The summed E-state index contributed by atoms with van der Waals surface area (Å²) < 4.78 is 0. The maximum absolute atomic E-state index is 11.7. The van der Waals surface area contributed by atoms with E-state index in [0.717, 1.165) is 43.2 Å². The summed E-state index contributed by atoms with van der Waals surface area (Å²) in [6.45, 7) is 7.65. The first-order chi connectivity index (χ1) is 11.6. The van der Waals surface area contributed by atoms with Crippen molar-refractivity contribution >= 4 is 35.0 Å². The second-order valence-electron chi connectivity index (χ2n) is 6.20. The molecule has 0 aromatic carbocycles. The van der Waals surface area contributed by atoms with Gasteiger partial charge >= 0.3 is 0 Å². The van der Waals surface area contributed by atoms with Crippen LogP contribution in [0.25, 0.3) is 0 Å². The third-order valence-corrected chi connectivity index (χ3v) is 5.93. The molecule has 5 nitrogen and oxygen atoms in total. The van der Waals surface area contributed by atoms with Crippen molar-refractivity contribution in [2.24, 2.45) is 0 Å². The summed E-state index contributed by atoms with van der Waals surface area (Å²) in [5, 5.41) is 0.400. The first kappa shape index (κ1) is 17.3. The number of rotatable bonds is 5. The maximum Gasteiger partial charge on any atom is 0.147 e. The molecule has 0 unspecified atom stereocenters. The van der Waals surface area contributed by atoms with Crippen molar-refractivity contribution in [3.63, 3.8) is 0 Å². The Labute approximate surface area is 151 Å². The molecular weight excluding hydrogens is 344 g/mol. The highest BCUT2D eigenvalue weighted by molar-refractivity contribution is 7.12. The molecule has 1 atom stereocenters. The fourth-order valence-corrected chi connectivity index (χ4v) is 4.07. The summed E-state index contributed by atoms with van der Waals surface area (Å²) in [6.07, 6.45) is 4.33. The van der Waals surface area contributed by atoms with Gasteiger partial charge in [-0.3, -0.25) is 4.90 Å². The molecule has 24 heavy (non-hydrogen) atoms. The first-order valence-corrected chi connectivity index (χ1v) is 9.29. The van der Waals surface area contributed by atoms with Crippen LogP contribution in [0.2, 0.25) is 5.15 Å². The van der Waals surface area contributed by atoms with Crippen LogP contribution in [0.15, 0.2) is 24.5 Å². The van der Waals surface area contributed by atoms with E-state index in [-0.39, 0.29) is 6.04 Å². The molecule has 1 aliphatic heterocycles. The second-order valence-corrected chi connectivity index (χ2v) is 7.73. The minimum atomic E-state index is -0.152. The molecule has 0 saturated carbocycles. The SMILES string of the molecule is CC(C)c1ccc([C@H](C=O)N2CCN(c3cnc(Cl)cn3)CC2)s1. The normalized spacial score (nSPS) is 17.2. The topological polar surface area (TPSA) is 49.3 Å². The minimum Gasteiger partial charge on any atom is -0.353 e. The van der Waals surface area contributed by atoms with E-state index in [9.17, 15) is 4.79 Å². The van der Waals surface area contributed by atoms with Crippen molar-refractivity contribution in [2.45, 2.75) is 25.8 Å². The van der Waals surface area contributed by atoms with E-state index >= 15 is 0 Å². The van der Waals surface area contributed by atoms with E-state index in [2.05, 4.69) is 45.7 Å². The van der Waals surface area contributed by atoms with Gasteiger partial charge in [0.15, 0.2) is 0 Å². The fraction of sp³-hybridized carbons (Fsp3) is 0.471. The van der Waals surface area contributed by atoms with Gasteiger partial charge in [-0.15, -0.1) is 11.3 Å². The van der Waals surface area contributed by atoms with Gasteiger partial charge in [0.2, 0.25) is 0 Å². The number of thiophene rings is 1. The van der Waals surface area contributed by atoms with Gasteiger partial charge in [0.05, 0.1) is 12.4 Å². The van der Waals surface area contributed by atoms with Crippen LogP contribution >= 0.6 is 22.9 Å². The molecule has 7 heteroatoms. The summed E-state index contributed by atoms with van der Waals surface area (Å²) in [4.78, 5) is 27.0. The van der Waals surface area contributed by atoms with Crippen molar-refractivity contribution < 1.29 is 4.79 Å². The van der Waals surface area contributed by atoms with Crippen LogP contribution in [-0.2, 0) is 4.79 Å². The number of hydrogen-bond donors (Lipinski definition) is 0. The molecule has 0 amide bonds. The Morgan fingerprint density at radius 1 is 1.12 bits per heavy atom. The van der Waals surface area contributed by atoms with Crippen LogP contribution in [0.5, 0.6) is 0 Å². The lowest BCUT2D eigenvalue weighted by molar-refractivity contribution is -0.112. The van der Waals surface area contributed by atoms with Gasteiger partial charge < -0.3 is 9.69 Å². The molecule has 128 valence electrons. The summed E-state index contributed by atoms with van der Waals surface area (Å²) in [6, 6.07) is 4.08. The van der Waals surface area contributed by atoms with Crippen LogP contribution in [-0.4, -0.2) is 47.3 Å². The van der Waals surface area contributed by atoms with E-state index in [1.807, 2.05) is 0 Å². The third-order valence-electron chi connectivity index (χ3n) is 4.28. The molecule has 3 heterocycles. The van der Waals surface area contributed by atoms with Gasteiger partial charge in [-0.1, -0.05) is 25.4 Å². The van der Waals surface area contributed by atoms with E-state index in [4.69, 9.17) is 11.6 Å². The zero-order valence-corrected chi connectivity index (χ0v) is 15.4. The number of carbonyl (C=O) groups excluding carboxylic acids is 1. The summed E-state index contributed by atoms with van der Waals surface area (Å²) in [5.41, 5.74) is 0. The fourth-order valence-electron chi connectivity index (χ4n) is 2.87. The molecule has 0 radical (unpaired) electrons. The van der Waals surface area contributed by atoms with Crippen LogP contribution in [0.1, 0.15) is 35.6 Å². The second kappa shape index (κ2) is 7.59. The van der Waals surface area contributed by atoms with Gasteiger partial charge in [-0.25, -0.2) is 9.97 Å². The van der Waals surface area contributed by atoms with Crippen molar-refractivity contribution in [1.29, 1.82) is 0 Å². The van der Waals surface area contributed by atoms with Gasteiger partial charge in [-0.05, 0) is 18.1 Å². The quantitative estimate of drug-likeness (QED) is 0.761. The Morgan fingerprint density at radius 2 is 1.83 bits per heavy atom. The van der Waals surface area contributed by atoms with Gasteiger partial charge in [0.1, 0.15) is 23.3 Å². The monoisotopic (exact) mass is 364 g/mol. The lowest BCUT2D eigenvalue weighted by Gasteiger charge is -2.37.